The molecule has 0 aliphatic carbocycles. The Hall–Kier alpha value is -1.81. The van der Waals surface area contributed by atoms with Gasteiger partial charge in [-0.05, 0) is 36.7 Å². The topological polar surface area (TPSA) is 34.4 Å². The van der Waals surface area contributed by atoms with Gasteiger partial charge in [-0.15, -0.1) is 0 Å². The van der Waals surface area contributed by atoms with Crippen LogP contribution in [0.3, 0.4) is 0 Å². The van der Waals surface area contributed by atoms with Gasteiger partial charge in [-0.3, -0.25) is 0 Å². The van der Waals surface area contributed by atoms with Crippen molar-refractivity contribution in [2.75, 3.05) is 13.7 Å². The van der Waals surface area contributed by atoms with Crippen LogP contribution in [0.4, 0.5) is 4.39 Å². The summed E-state index contributed by atoms with van der Waals surface area (Å²) < 4.78 is 24.5. The highest BCUT2D eigenvalue weighted by Crippen LogP contribution is 2.25. The Balaban J connectivity index is 2.22. The molecule has 19 heavy (non-hydrogen) atoms. The van der Waals surface area contributed by atoms with E-state index < -0.39 is 0 Å². The lowest BCUT2D eigenvalue weighted by Gasteiger charge is -2.16. The number of halogens is 1. The molecule has 0 fully saturated rings. The average Bonchev–Trinajstić information content (AvgIpc) is 2.94. The molecule has 1 unspecified atom stereocenters. The molecule has 2 rings (SSSR count). The lowest BCUT2D eigenvalue weighted by Crippen LogP contribution is -2.23. The molecule has 1 aromatic heterocycles. The van der Waals surface area contributed by atoms with Crippen molar-refractivity contribution in [2.24, 2.45) is 0 Å². The van der Waals surface area contributed by atoms with Crippen molar-refractivity contribution in [3.63, 3.8) is 0 Å². The first-order valence-corrected chi connectivity index (χ1v) is 6.34. The molecule has 2 aromatic rings. The highest BCUT2D eigenvalue weighted by Gasteiger charge is 2.17. The Morgan fingerprint density at radius 3 is 2.79 bits per heavy atom. The zero-order valence-corrected chi connectivity index (χ0v) is 11.2. The third-order valence-corrected chi connectivity index (χ3v) is 3.02. The van der Waals surface area contributed by atoms with Gasteiger partial charge in [0.15, 0.2) is 11.6 Å². The second-order valence-electron chi connectivity index (χ2n) is 4.26. The van der Waals surface area contributed by atoms with E-state index in [1.165, 1.54) is 7.11 Å². The summed E-state index contributed by atoms with van der Waals surface area (Å²) in [5.41, 5.74) is 0.613. The van der Waals surface area contributed by atoms with Crippen LogP contribution in [0.25, 0.3) is 0 Å². The predicted octanol–water partition coefficient (Wildman–Crippen LogP) is 3.32. The minimum atomic E-state index is -0.306. The fraction of sp³-hybridized carbons (Fsp3) is 0.333. The van der Waals surface area contributed by atoms with Crippen LogP contribution in [-0.4, -0.2) is 13.7 Å². The number of likely N-dealkylation sites (N-methyl/N-ethyl adjacent to an activating group) is 1. The maximum Gasteiger partial charge on any atom is 0.168 e. The van der Waals surface area contributed by atoms with Crippen molar-refractivity contribution < 1.29 is 13.5 Å². The Kier molecular flexibility index (Phi) is 4.58. The molecular weight excluding hydrogens is 245 g/mol. The van der Waals surface area contributed by atoms with E-state index in [-0.39, 0.29) is 17.6 Å². The molecule has 1 aromatic carbocycles. The van der Waals surface area contributed by atoms with Crippen LogP contribution >= 0.6 is 0 Å². The number of benzene rings is 1. The molecule has 1 atom stereocenters. The Bertz CT molecular complexity index is 511. The summed E-state index contributed by atoms with van der Waals surface area (Å²) >= 11 is 0. The summed E-state index contributed by atoms with van der Waals surface area (Å²) in [4.78, 5) is 0. The number of nitrogens with one attached hydrogen (secondary N) is 1. The van der Waals surface area contributed by atoms with Crippen LogP contribution in [0.2, 0.25) is 0 Å². The van der Waals surface area contributed by atoms with E-state index in [4.69, 9.17) is 9.15 Å². The minimum Gasteiger partial charge on any atom is -0.494 e. The molecule has 0 amide bonds. The summed E-state index contributed by atoms with van der Waals surface area (Å²) in [5.74, 6) is 0.774. The van der Waals surface area contributed by atoms with Gasteiger partial charge in [0, 0.05) is 0 Å². The van der Waals surface area contributed by atoms with Gasteiger partial charge >= 0.3 is 0 Å². The van der Waals surface area contributed by atoms with E-state index in [9.17, 15) is 4.39 Å². The van der Waals surface area contributed by atoms with Crippen LogP contribution in [0.15, 0.2) is 41.0 Å². The van der Waals surface area contributed by atoms with Gasteiger partial charge in [-0.1, -0.05) is 19.1 Å². The fourth-order valence-corrected chi connectivity index (χ4v) is 2.10. The van der Waals surface area contributed by atoms with Crippen LogP contribution in [0.1, 0.15) is 24.3 Å². The normalized spacial score (nSPS) is 12.4. The molecule has 0 saturated heterocycles. The van der Waals surface area contributed by atoms with Gasteiger partial charge < -0.3 is 14.5 Å². The molecule has 1 N–H and O–H groups in total. The maximum atomic E-state index is 14.1. The molecule has 0 spiro atoms. The smallest absolute Gasteiger partial charge is 0.168 e. The minimum absolute atomic E-state index is 0.0402. The van der Waals surface area contributed by atoms with Gasteiger partial charge in [0.05, 0.1) is 19.4 Å². The molecule has 0 saturated carbocycles. The van der Waals surface area contributed by atoms with Crippen molar-refractivity contribution in [1.29, 1.82) is 0 Å². The second-order valence-corrected chi connectivity index (χ2v) is 4.26. The predicted molar refractivity (Wildman–Crippen MR) is 71.8 cm³/mol. The molecule has 102 valence electrons. The number of methoxy groups -OCH3 is 1. The number of rotatable bonds is 6. The van der Waals surface area contributed by atoms with Crippen LogP contribution in [0.5, 0.6) is 5.75 Å². The van der Waals surface area contributed by atoms with E-state index in [0.717, 1.165) is 12.3 Å². The molecule has 1 heterocycles. The summed E-state index contributed by atoms with van der Waals surface area (Å²) in [7, 11) is 1.47. The summed E-state index contributed by atoms with van der Waals surface area (Å²) in [5, 5.41) is 3.30. The highest BCUT2D eigenvalue weighted by atomic mass is 19.1. The van der Waals surface area contributed by atoms with Gasteiger partial charge in [0.2, 0.25) is 0 Å². The van der Waals surface area contributed by atoms with Gasteiger partial charge in [-0.25, -0.2) is 4.39 Å². The Labute approximate surface area is 112 Å². The van der Waals surface area contributed by atoms with E-state index in [1.807, 2.05) is 19.1 Å². The first kappa shape index (κ1) is 13.6. The molecule has 4 heteroatoms. The average molecular weight is 263 g/mol. The van der Waals surface area contributed by atoms with Crippen molar-refractivity contribution in [1.82, 2.24) is 5.32 Å². The van der Waals surface area contributed by atoms with Crippen LogP contribution < -0.4 is 10.1 Å². The highest BCUT2D eigenvalue weighted by molar-refractivity contribution is 5.32. The molecule has 0 aliphatic rings. The maximum absolute atomic E-state index is 14.1. The van der Waals surface area contributed by atoms with E-state index >= 15 is 0 Å². The van der Waals surface area contributed by atoms with Gasteiger partial charge in [-0.2, -0.15) is 0 Å². The number of hydrogen-bond donors (Lipinski definition) is 1. The van der Waals surface area contributed by atoms with E-state index in [2.05, 4.69) is 5.32 Å². The quantitative estimate of drug-likeness (QED) is 0.868. The summed E-state index contributed by atoms with van der Waals surface area (Å²) in [6.07, 6.45) is 2.14. The second kappa shape index (κ2) is 6.38. The van der Waals surface area contributed by atoms with Crippen molar-refractivity contribution >= 4 is 0 Å². The summed E-state index contributed by atoms with van der Waals surface area (Å²) in [6.45, 7) is 2.80. The fourth-order valence-electron chi connectivity index (χ4n) is 2.10. The van der Waals surface area contributed by atoms with Crippen molar-refractivity contribution in [3.8, 4) is 5.75 Å². The number of ether oxygens (including phenoxy) is 1. The van der Waals surface area contributed by atoms with Crippen molar-refractivity contribution in [2.45, 2.75) is 19.4 Å². The zero-order chi connectivity index (χ0) is 13.7. The standard InChI is InChI=1S/C15H18FNO2/c1-3-17-12(13-8-5-9-19-13)10-11-6-4-7-14(18-2)15(11)16/h4-9,12,17H,3,10H2,1-2H3. The molecule has 0 radical (unpaired) electrons. The molecular formula is C15H18FNO2. The number of hydrogen-bond acceptors (Lipinski definition) is 3. The van der Waals surface area contributed by atoms with Crippen LogP contribution in [-0.2, 0) is 6.42 Å². The SMILES string of the molecule is CCNC(Cc1cccc(OC)c1F)c1ccco1. The first-order valence-electron chi connectivity index (χ1n) is 6.34. The third kappa shape index (κ3) is 3.15. The molecule has 0 bridgehead atoms. The molecule has 0 aliphatic heterocycles. The van der Waals surface area contributed by atoms with E-state index in [0.29, 0.717) is 12.0 Å². The van der Waals surface area contributed by atoms with Crippen LogP contribution in [0, 0.1) is 5.82 Å². The number of furan rings is 1. The largest absolute Gasteiger partial charge is 0.494 e. The monoisotopic (exact) mass is 263 g/mol. The van der Waals surface area contributed by atoms with Gasteiger partial charge in [0.25, 0.3) is 0 Å². The third-order valence-electron chi connectivity index (χ3n) is 3.02. The van der Waals surface area contributed by atoms with Gasteiger partial charge in [0.1, 0.15) is 5.76 Å². The zero-order valence-electron chi connectivity index (χ0n) is 11.2. The first-order chi connectivity index (χ1) is 9.26. The lowest BCUT2D eigenvalue weighted by atomic mass is 10.0. The Morgan fingerprint density at radius 2 is 2.16 bits per heavy atom. The lowest BCUT2D eigenvalue weighted by molar-refractivity contribution is 0.378. The summed E-state index contributed by atoms with van der Waals surface area (Å²) in [6, 6.07) is 8.87. The van der Waals surface area contributed by atoms with Crippen molar-refractivity contribution in [3.05, 3.63) is 53.7 Å². The molecule has 3 nitrogen and oxygen atoms in total. The Morgan fingerprint density at radius 1 is 1.32 bits per heavy atom. The van der Waals surface area contributed by atoms with E-state index in [1.54, 1.807) is 24.5 Å².